The average Bonchev–Trinajstić information content (AvgIpc) is 2.37. The molecule has 2 amide bonds. The van der Waals surface area contributed by atoms with Crippen molar-refractivity contribution in [1.82, 2.24) is 10.6 Å². The molecule has 18 heavy (non-hydrogen) atoms. The third kappa shape index (κ3) is 5.86. The lowest BCUT2D eigenvalue weighted by atomic mass is 10.2. The molecular formula is C12H17ClN2O3. The van der Waals surface area contributed by atoms with E-state index in [2.05, 4.69) is 10.6 Å². The number of aliphatic hydroxyl groups excluding tert-OH is 1. The molecule has 0 bridgehead atoms. The number of carbonyl (C=O) groups is 1. The summed E-state index contributed by atoms with van der Waals surface area (Å²) in [5.41, 5.74) is 0.867. The van der Waals surface area contributed by atoms with Gasteiger partial charge in [0.2, 0.25) is 0 Å². The Balaban J connectivity index is 2.15. The monoisotopic (exact) mass is 272 g/mol. The molecule has 1 rings (SSSR count). The Morgan fingerprint density at radius 1 is 1.28 bits per heavy atom. The van der Waals surface area contributed by atoms with Gasteiger partial charge in [-0.15, -0.1) is 0 Å². The van der Waals surface area contributed by atoms with Gasteiger partial charge in [0, 0.05) is 18.1 Å². The van der Waals surface area contributed by atoms with E-state index in [4.69, 9.17) is 21.4 Å². The fourth-order valence-corrected chi connectivity index (χ4v) is 1.49. The van der Waals surface area contributed by atoms with Crippen LogP contribution < -0.4 is 10.6 Å². The van der Waals surface area contributed by atoms with E-state index < -0.39 is 0 Å². The van der Waals surface area contributed by atoms with E-state index >= 15 is 0 Å². The van der Waals surface area contributed by atoms with Crippen molar-refractivity contribution in [3.05, 3.63) is 34.9 Å². The van der Waals surface area contributed by atoms with Crippen molar-refractivity contribution < 1.29 is 14.6 Å². The summed E-state index contributed by atoms with van der Waals surface area (Å²) >= 11 is 5.95. The Morgan fingerprint density at radius 2 is 2.06 bits per heavy atom. The lowest BCUT2D eigenvalue weighted by Gasteiger charge is -2.08. The third-order valence-electron chi connectivity index (χ3n) is 2.16. The SMILES string of the molecule is O=C(NCCOCCO)NCc1ccccc1Cl. The maximum atomic E-state index is 11.4. The quantitative estimate of drug-likeness (QED) is 0.652. The Morgan fingerprint density at radius 3 is 2.78 bits per heavy atom. The molecule has 0 fully saturated rings. The summed E-state index contributed by atoms with van der Waals surface area (Å²) in [5.74, 6) is 0. The largest absolute Gasteiger partial charge is 0.394 e. The van der Waals surface area contributed by atoms with E-state index in [1.54, 1.807) is 6.07 Å². The van der Waals surface area contributed by atoms with Gasteiger partial charge in [-0.3, -0.25) is 0 Å². The van der Waals surface area contributed by atoms with Crippen LogP contribution in [0.4, 0.5) is 4.79 Å². The fraction of sp³-hybridized carbons (Fsp3) is 0.417. The van der Waals surface area contributed by atoms with E-state index in [1.165, 1.54) is 0 Å². The maximum Gasteiger partial charge on any atom is 0.315 e. The molecule has 0 atom stereocenters. The molecule has 0 radical (unpaired) electrons. The van der Waals surface area contributed by atoms with E-state index in [9.17, 15) is 4.79 Å². The first-order valence-corrected chi connectivity index (χ1v) is 6.05. The van der Waals surface area contributed by atoms with Crippen LogP contribution >= 0.6 is 11.6 Å². The number of benzene rings is 1. The van der Waals surface area contributed by atoms with Crippen molar-refractivity contribution in [1.29, 1.82) is 0 Å². The Hall–Kier alpha value is -1.30. The molecule has 0 aliphatic carbocycles. The molecule has 5 nitrogen and oxygen atoms in total. The van der Waals surface area contributed by atoms with Gasteiger partial charge in [0.05, 0.1) is 19.8 Å². The predicted molar refractivity (Wildman–Crippen MR) is 69.6 cm³/mol. The van der Waals surface area contributed by atoms with Gasteiger partial charge in [-0.05, 0) is 11.6 Å². The van der Waals surface area contributed by atoms with Gasteiger partial charge in [-0.25, -0.2) is 4.79 Å². The highest BCUT2D eigenvalue weighted by Gasteiger charge is 2.02. The van der Waals surface area contributed by atoms with Gasteiger partial charge >= 0.3 is 6.03 Å². The van der Waals surface area contributed by atoms with E-state index in [1.807, 2.05) is 18.2 Å². The topological polar surface area (TPSA) is 70.6 Å². The van der Waals surface area contributed by atoms with Gasteiger partial charge in [-0.1, -0.05) is 29.8 Å². The van der Waals surface area contributed by atoms with Crippen LogP contribution in [-0.4, -0.2) is 37.5 Å². The minimum atomic E-state index is -0.275. The molecule has 0 aliphatic rings. The van der Waals surface area contributed by atoms with E-state index in [-0.39, 0.29) is 19.2 Å². The van der Waals surface area contributed by atoms with E-state index in [0.29, 0.717) is 24.7 Å². The summed E-state index contributed by atoms with van der Waals surface area (Å²) in [5, 5.41) is 14.4. The summed E-state index contributed by atoms with van der Waals surface area (Å²) in [6.07, 6.45) is 0. The fourth-order valence-electron chi connectivity index (χ4n) is 1.28. The third-order valence-corrected chi connectivity index (χ3v) is 2.53. The molecule has 3 N–H and O–H groups in total. The van der Waals surface area contributed by atoms with E-state index in [0.717, 1.165) is 5.56 Å². The minimum absolute atomic E-state index is 0.0152. The first-order valence-electron chi connectivity index (χ1n) is 5.67. The van der Waals surface area contributed by atoms with Crippen molar-refractivity contribution in [2.24, 2.45) is 0 Å². The number of nitrogens with one attached hydrogen (secondary N) is 2. The molecular weight excluding hydrogens is 256 g/mol. The molecule has 0 aliphatic heterocycles. The van der Waals surface area contributed by atoms with Gasteiger partial charge in [0.25, 0.3) is 0 Å². The van der Waals surface area contributed by atoms with Crippen molar-refractivity contribution in [3.8, 4) is 0 Å². The second-order valence-electron chi connectivity index (χ2n) is 3.54. The molecule has 1 aromatic rings. The number of amides is 2. The van der Waals surface area contributed by atoms with Crippen LogP contribution in [0.15, 0.2) is 24.3 Å². The molecule has 0 saturated carbocycles. The van der Waals surface area contributed by atoms with Crippen molar-refractivity contribution in [3.63, 3.8) is 0 Å². The highest BCUT2D eigenvalue weighted by Crippen LogP contribution is 2.13. The zero-order chi connectivity index (χ0) is 13.2. The molecule has 0 heterocycles. The molecule has 100 valence electrons. The number of halogens is 1. The lowest BCUT2D eigenvalue weighted by molar-refractivity contribution is 0.0947. The highest BCUT2D eigenvalue weighted by molar-refractivity contribution is 6.31. The zero-order valence-electron chi connectivity index (χ0n) is 9.99. The second kappa shape index (κ2) is 8.74. The minimum Gasteiger partial charge on any atom is -0.394 e. The number of rotatable bonds is 7. The van der Waals surface area contributed by atoms with Crippen LogP contribution in [0.1, 0.15) is 5.56 Å². The van der Waals surface area contributed by atoms with Crippen LogP contribution in [-0.2, 0) is 11.3 Å². The second-order valence-corrected chi connectivity index (χ2v) is 3.94. The normalized spacial score (nSPS) is 10.1. The van der Waals surface area contributed by atoms with Crippen molar-refractivity contribution in [2.45, 2.75) is 6.54 Å². The number of carbonyl (C=O) groups excluding carboxylic acids is 1. The van der Waals surface area contributed by atoms with Crippen LogP contribution in [0.2, 0.25) is 5.02 Å². The van der Waals surface area contributed by atoms with Crippen LogP contribution in [0.3, 0.4) is 0 Å². The van der Waals surface area contributed by atoms with Crippen LogP contribution in [0.25, 0.3) is 0 Å². The van der Waals surface area contributed by atoms with Gasteiger partial charge < -0.3 is 20.5 Å². The number of urea groups is 1. The van der Waals surface area contributed by atoms with Gasteiger partial charge in [0.1, 0.15) is 0 Å². The summed E-state index contributed by atoms with van der Waals surface area (Å²) in [6, 6.07) is 7.06. The molecule has 0 unspecified atom stereocenters. The standard InChI is InChI=1S/C12H17ClN2O3/c13-11-4-2-1-3-10(11)9-15-12(17)14-5-7-18-8-6-16/h1-4,16H,5-9H2,(H2,14,15,17). The molecule has 0 aromatic heterocycles. The summed E-state index contributed by atoms with van der Waals surface area (Å²) in [4.78, 5) is 11.4. The smallest absolute Gasteiger partial charge is 0.315 e. The zero-order valence-corrected chi connectivity index (χ0v) is 10.7. The highest BCUT2D eigenvalue weighted by atomic mass is 35.5. The maximum absolute atomic E-state index is 11.4. The molecule has 6 heteroatoms. The van der Waals surface area contributed by atoms with Gasteiger partial charge in [0.15, 0.2) is 0 Å². The summed E-state index contributed by atoms with van der Waals surface area (Å²) < 4.78 is 5.00. The Kier molecular flexibility index (Phi) is 7.17. The first-order chi connectivity index (χ1) is 8.74. The molecule has 1 aromatic carbocycles. The van der Waals surface area contributed by atoms with Crippen molar-refractivity contribution in [2.75, 3.05) is 26.4 Å². The summed E-state index contributed by atoms with van der Waals surface area (Å²) in [7, 11) is 0. The predicted octanol–water partition coefficient (Wildman–Crippen LogP) is 1.15. The van der Waals surface area contributed by atoms with Gasteiger partial charge in [-0.2, -0.15) is 0 Å². The number of ether oxygens (including phenoxy) is 1. The first kappa shape index (κ1) is 14.8. The lowest BCUT2D eigenvalue weighted by Crippen LogP contribution is -2.37. The number of aliphatic hydroxyl groups is 1. The summed E-state index contributed by atoms with van der Waals surface area (Å²) in [6.45, 7) is 1.42. The van der Waals surface area contributed by atoms with Crippen LogP contribution in [0.5, 0.6) is 0 Å². The Bertz CT molecular complexity index is 374. The Labute approximate surface area is 111 Å². The number of hydrogen-bond acceptors (Lipinski definition) is 3. The van der Waals surface area contributed by atoms with Crippen LogP contribution in [0, 0.1) is 0 Å². The molecule has 0 saturated heterocycles. The average molecular weight is 273 g/mol. The van der Waals surface area contributed by atoms with Crippen molar-refractivity contribution >= 4 is 17.6 Å². The molecule has 0 spiro atoms. The number of hydrogen-bond donors (Lipinski definition) is 3.